The highest BCUT2D eigenvalue weighted by Crippen LogP contribution is 2.23. The lowest BCUT2D eigenvalue weighted by atomic mass is 9.94. The van der Waals surface area contributed by atoms with Gasteiger partial charge in [-0.2, -0.15) is 0 Å². The van der Waals surface area contributed by atoms with Crippen molar-refractivity contribution in [1.29, 1.82) is 0 Å². The third kappa shape index (κ3) is 3.28. The molecule has 0 atom stereocenters. The molecule has 3 rings (SSSR count). The summed E-state index contributed by atoms with van der Waals surface area (Å²) in [6.07, 6.45) is 5.15. The summed E-state index contributed by atoms with van der Waals surface area (Å²) >= 11 is 1.49. The van der Waals surface area contributed by atoms with Crippen molar-refractivity contribution >= 4 is 23.2 Å². The van der Waals surface area contributed by atoms with E-state index < -0.39 is 0 Å². The van der Waals surface area contributed by atoms with Crippen LogP contribution in [0.5, 0.6) is 0 Å². The minimum Gasteiger partial charge on any atom is -0.342 e. The normalized spacial score (nSPS) is 20.6. The molecular formula is C16H22N2O2S. The molecule has 2 fully saturated rings. The summed E-state index contributed by atoms with van der Waals surface area (Å²) in [5.74, 6) is 0.558. The van der Waals surface area contributed by atoms with Gasteiger partial charge in [0.25, 0.3) is 5.91 Å². The zero-order valence-electron chi connectivity index (χ0n) is 12.3. The first-order valence-corrected chi connectivity index (χ1v) is 8.75. The van der Waals surface area contributed by atoms with Crippen LogP contribution in [0.3, 0.4) is 0 Å². The Balaban J connectivity index is 1.52. The predicted octanol–water partition coefficient (Wildman–Crippen LogP) is 2.61. The van der Waals surface area contributed by atoms with Crippen LogP contribution in [0, 0.1) is 5.92 Å². The maximum atomic E-state index is 12.5. The Morgan fingerprint density at radius 3 is 2.33 bits per heavy atom. The van der Waals surface area contributed by atoms with E-state index in [2.05, 4.69) is 0 Å². The summed E-state index contributed by atoms with van der Waals surface area (Å²) in [6.45, 7) is 3.27. The molecule has 0 aromatic carbocycles. The number of carbonyl (C=O) groups excluding carboxylic acids is 2. The molecule has 1 aromatic heterocycles. The first-order chi connectivity index (χ1) is 10.3. The third-order valence-corrected chi connectivity index (χ3v) is 5.39. The molecule has 5 heteroatoms. The molecule has 0 N–H and O–H groups in total. The Hall–Kier alpha value is -1.36. The van der Waals surface area contributed by atoms with Crippen molar-refractivity contribution in [3.63, 3.8) is 0 Å². The van der Waals surface area contributed by atoms with Crippen LogP contribution in [0.2, 0.25) is 0 Å². The highest BCUT2D eigenvalue weighted by Gasteiger charge is 2.31. The Morgan fingerprint density at radius 2 is 1.71 bits per heavy atom. The lowest BCUT2D eigenvalue weighted by molar-refractivity contribution is -0.137. The molecule has 0 aliphatic carbocycles. The van der Waals surface area contributed by atoms with Crippen molar-refractivity contribution in [2.75, 3.05) is 26.2 Å². The minimum atomic E-state index is 0.119. The number of nitrogens with zero attached hydrogens (tertiary/aromatic N) is 2. The Labute approximate surface area is 129 Å². The van der Waals surface area contributed by atoms with Gasteiger partial charge in [-0.1, -0.05) is 6.07 Å². The molecule has 0 spiro atoms. The number of thiophene rings is 1. The molecular weight excluding hydrogens is 284 g/mol. The standard InChI is InChI=1S/C16H22N2O2S/c19-15(17-8-2-1-3-9-17)13-6-10-18(11-7-13)16(20)14-5-4-12-21-14/h4-5,12-13H,1-3,6-11H2. The van der Waals surface area contributed by atoms with E-state index in [1.807, 2.05) is 27.3 Å². The number of hydrogen-bond donors (Lipinski definition) is 0. The van der Waals surface area contributed by atoms with Crippen LogP contribution >= 0.6 is 11.3 Å². The fraction of sp³-hybridized carbons (Fsp3) is 0.625. The van der Waals surface area contributed by atoms with E-state index >= 15 is 0 Å². The van der Waals surface area contributed by atoms with E-state index in [-0.39, 0.29) is 11.8 Å². The van der Waals surface area contributed by atoms with Gasteiger partial charge in [0.2, 0.25) is 5.91 Å². The van der Waals surface area contributed by atoms with Crippen molar-refractivity contribution in [1.82, 2.24) is 9.80 Å². The summed E-state index contributed by atoms with van der Waals surface area (Å²) in [5.41, 5.74) is 0. The van der Waals surface area contributed by atoms with Gasteiger partial charge >= 0.3 is 0 Å². The number of likely N-dealkylation sites (tertiary alicyclic amines) is 2. The highest BCUT2D eigenvalue weighted by molar-refractivity contribution is 7.12. The van der Waals surface area contributed by atoms with Crippen molar-refractivity contribution < 1.29 is 9.59 Å². The zero-order chi connectivity index (χ0) is 14.7. The monoisotopic (exact) mass is 306 g/mol. The van der Waals surface area contributed by atoms with Gasteiger partial charge in [0, 0.05) is 32.1 Å². The van der Waals surface area contributed by atoms with Crippen LogP contribution in [-0.2, 0) is 4.79 Å². The van der Waals surface area contributed by atoms with Crippen LogP contribution in [0.15, 0.2) is 17.5 Å². The summed E-state index contributed by atoms with van der Waals surface area (Å²) in [4.78, 5) is 29.5. The number of piperidine rings is 2. The van der Waals surface area contributed by atoms with Gasteiger partial charge < -0.3 is 9.80 Å². The van der Waals surface area contributed by atoms with Crippen molar-refractivity contribution in [2.24, 2.45) is 5.92 Å². The molecule has 4 nitrogen and oxygen atoms in total. The van der Waals surface area contributed by atoms with Crippen LogP contribution in [0.1, 0.15) is 41.8 Å². The third-order valence-electron chi connectivity index (χ3n) is 4.53. The highest BCUT2D eigenvalue weighted by atomic mass is 32.1. The van der Waals surface area contributed by atoms with Gasteiger partial charge in [0.05, 0.1) is 4.88 Å². The van der Waals surface area contributed by atoms with E-state index in [9.17, 15) is 9.59 Å². The van der Waals surface area contributed by atoms with Crippen LogP contribution in [0.25, 0.3) is 0 Å². The van der Waals surface area contributed by atoms with Gasteiger partial charge in [0.1, 0.15) is 0 Å². The second-order valence-electron chi connectivity index (χ2n) is 5.93. The largest absolute Gasteiger partial charge is 0.342 e. The van der Waals surface area contributed by atoms with E-state index in [1.54, 1.807) is 0 Å². The molecule has 3 heterocycles. The van der Waals surface area contributed by atoms with Crippen LogP contribution in [-0.4, -0.2) is 47.8 Å². The molecule has 2 aliphatic rings. The second kappa shape index (κ2) is 6.60. The van der Waals surface area contributed by atoms with Crippen LogP contribution < -0.4 is 0 Å². The van der Waals surface area contributed by atoms with Crippen LogP contribution in [0.4, 0.5) is 0 Å². The molecule has 1 aromatic rings. The molecule has 0 radical (unpaired) electrons. The lowest BCUT2D eigenvalue weighted by Gasteiger charge is -2.35. The quantitative estimate of drug-likeness (QED) is 0.843. The van der Waals surface area contributed by atoms with Gasteiger partial charge in [-0.05, 0) is 43.6 Å². The maximum Gasteiger partial charge on any atom is 0.263 e. The van der Waals surface area contributed by atoms with Crippen molar-refractivity contribution in [3.8, 4) is 0 Å². The van der Waals surface area contributed by atoms with E-state index in [1.165, 1.54) is 17.8 Å². The van der Waals surface area contributed by atoms with Crippen molar-refractivity contribution in [3.05, 3.63) is 22.4 Å². The molecule has 0 bridgehead atoms. The summed E-state index contributed by atoms with van der Waals surface area (Å²) < 4.78 is 0. The second-order valence-corrected chi connectivity index (χ2v) is 6.88. The first kappa shape index (κ1) is 14.6. The average molecular weight is 306 g/mol. The topological polar surface area (TPSA) is 40.6 Å². The first-order valence-electron chi connectivity index (χ1n) is 7.87. The Morgan fingerprint density at radius 1 is 1.00 bits per heavy atom. The molecule has 0 unspecified atom stereocenters. The Bertz CT molecular complexity index is 486. The summed E-state index contributed by atoms with van der Waals surface area (Å²) in [6, 6.07) is 3.78. The van der Waals surface area contributed by atoms with Gasteiger partial charge in [-0.25, -0.2) is 0 Å². The summed E-state index contributed by atoms with van der Waals surface area (Å²) in [7, 11) is 0. The van der Waals surface area contributed by atoms with Gasteiger partial charge in [-0.15, -0.1) is 11.3 Å². The molecule has 114 valence electrons. The predicted molar refractivity (Wildman–Crippen MR) is 83.4 cm³/mol. The summed E-state index contributed by atoms with van der Waals surface area (Å²) in [5, 5.41) is 1.93. The number of carbonyl (C=O) groups is 2. The van der Waals surface area contributed by atoms with E-state index in [0.29, 0.717) is 19.0 Å². The lowest BCUT2D eigenvalue weighted by Crippen LogP contribution is -2.45. The molecule has 2 saturated heterocycles. The molecule has 2 amide bonds. The SMILES string of the molecule is O=C(c1cccs1)N1CCC(C(=O)N2CCCCC2)CC1. The number of amides is 2. The fourth-order valence-corrected chi connectivity index (χ4v) is 3.95. The molecule has 0 saturated carbocycles. The smallest absolute Gasteiger partial charge is 0.263 e. The zero-order valence-corrected chi connectivity index (χ0v) is 13.1. The maximum absolute atomic E-state index is 12.5. The minimum absolute atomic E-state index is 0.119. The Kier molecular flexibility index (Phi) is 4.58. The van der Waals surface area contributed by atoms with Gasteiger partial charge in [-0.3, -0.25) is 9.59 Å². The van der Waals surface area contributed by atoms with E-state index in [0.717, 1.165) is 43.6 Å². The van der Waals surface area contributed by atoms with Crippen molar-refractivity contribution in [2.45, 2.75) is 32.1 Å². The average Bonchev–Trinajstić information content (AvgIpc) is 3.09. The molecule has 21 heavy (non-hydrogen) atoms. The molecule has 2 aliphatic heterocycles. The fourth-order valence-electron chi connectivity index (χ4n) is 3.26. The number of rotatable bonds is 2. The van der Waals surface area contributed by atoms with Gasteiger partial charge in [0.15, 0.2) is 0 Å². The number of hydrogen-bond acceptors (Lipinski definition) is 3. The van der Waals surface area contributed by atoms with E-state index in [4.69, 9.17) is 0 Å².